The molecular formula is C17H21N3O3S. The Bertz CT molecular complexity index is 626. The molecule has 4 fully saturated rings. The van der Waals surface area contributed by atoms with Crippen LogP contribution in [0.1, 0.15) is 38.5 Å². The zero-order chi connectivity index (χ0) is 16.7. The summed E-state index contributed by atoms with van der Waals surface area (Å²) in [5.41, 5.74) is 0.00679. The Morgan fingerprint density at radius 1 is 1.25 bits per heavy atom. The predicted molar refractivity (Wildman–Crippen MR) is 90.7 cm³/mol. The number of nitrogens with zero attached hydrogens (tertiary/aromatic N) is 2. The summed E-state index contributed by atoms with van der Waals surface area (Å²) in [5.74, 6) is 2.79. The van der Waals surface area contributed by atoms with E-state index >= 15 is 0 Å². The number of amides is 1. The molecule has 0 unspecified atom stereocenters. The van der Waals surface area contributed by atoms with Gasteiger partial charge in [-0.05, 0) is 62.3 Å². The Morgan fingerprint density at radius 2 is 1.88 bits per heavy atom. The maximum atomic E-state index is 12.4. The predicted octanol–water partition coefficient (Wildman–Crippen LogP) is 3.17. The fourth-order valence-electron chi connectivity index (χ4n) is 5.30. The summed E-state index contributed by atoms with van der Waals surface area (Å²) in [6, 6.07) is 3.02. The number of carbonyl (C=O) groups is 1. The molecule has 5 rings (SSSR count). The minimum atomic E-state index is -0.471. The maximum absolute atomic E-state index is 12.4. The van der Waals surface area contributed by atoms with E-state index < -0.39 is 4.92 Å². The highest BCUT2D eigenvalue weighted by atomic mass is 32.2. The van der Waals surface area contributed by atoms with Gasteiger partial charge >= 0.3 is 0 Å². The van der Waals surface area contributed by atoms with Crippen LogP contribution in [-0.2, 0) is 4.79 Å². The van der Waals surface area contributed by atoms with Crippen LogP contribution in [0.25, 0.3) is 0 Å². The summed E-state index contributed by atoms with van der Waals surface area (Å²) in [5, 5.41) is 14.6. The molecule has 0 aliphatic heterocycles. The van der Waals surface area contributed by atoms with Gasteiger partial charge in [0.05, 0.1) is 15.7 Å². The van der Waals surface area contributed by atoms with Crippen LogP contribution in [-0.4, -0.2) is 27.1 Å². The van der Waals surface area contributed by atoms with Gasteiger partial charge in [0.15, 0.2) is 0 Å². The van der Waals surface area contributed by atoms with Gasteiger partial charge in [-0.1, -0.05) is 11.8 Å². The van der Waals surface area contributed by atoms with Crippen molar-refractivity contribution in [3.8, 4) is 0 Å². The van der Waals surface area contributed by atoms with Crippen LogP contribution in [0, 0.1) is 27.9 Å². The lowest BCUT2D eigenvalue weighted by Crippen LogP contribution is -2.60. The van der Waals surface area contributed by atoms with E-state index in [1.54, 1.807) is 6.07 Å². The van der Waals surface area contributed by atoms with Crippen LogP contribution >= 0.6 is 11.8 Å². The van der Waals surface area contributed by atoms with Crippen molar-refractivity contribution < 1.29 is 9.72 Å². The summed E-state index contributed by atoms with van der Waals surface area (Å²) in [6.07, 6.45) is 8.74. The van der Waals surface area contributed by atoms with Crippen LogP contribution in [0.2, 0.25) is 0 Å². The SMILES string of the molecule is O=C(CSc1ccc([N+](=O)[O-])cn1)NC12CC3CC(CC(C3)C1)C2. The fraction of sp³-hybridized carbons (Fsp3) is 0.647. The van der Waals surface area contributed by atoms with Gasteiger partial charge in [0.1, 0.15) is 6.20 Å². The molecule has 1 aromatic heterocycles. The van der Waals surface area contributed by atoms with Crippen molar-refractivity contribution >= 4 is 23.4 Å². The van der Waals surface area contributed by atoms with Crippen molar-refractivity contribution in [3.63, 3.8) is 0 Å². The molecule has 1 aromatic rings. The number of carbonyl (C=O) groups excluding carboxylic acids is 1. The summed E-state index contributed by atoms with van der Waals surface area (Å²) in [4.78, 5) is 26.6. The minimum Gasteiger partial charge on any atom is -0.350 e. The normalized spacial score (nSPS) is 33.4. The molecule has 1 amide bonds. The molecule has 4 aliphatic rings. The van der Waals surface area contributed by atoms with Gasteiger partial charge in [0.2, 0.25) is 5.91 Å². The third-order valence-corrected chi connectivity index (χ3v) is 6.67. The molecule has 4 saturated carbocycles. The molecule has 0 atom stereocenters. The number of rotatable bonds is 5. The molecule has 24 heavy (non-hydrogen) atoms. The summed E-state index contributed by atoms with van der Waals surface area (Å²) in [7, 11) is 0. The van der Waals surface area contributed by atoms with Crippen LogP contribution in [0.4, 0.5) is 5.69 Å². The quantitative estimate of drug-likeness (QED) is 0.502. The topological polar surface area (TPSA) is 85.1 Å². The smallest absolute Gasteiger partial charge is 0.287 e. The van der Waals surface area contributed by atoms with Crippen LogP contribution < -0.4 is 5.32 Å². The molecule has 128 valence electrons. The Morgan fingerprint density at radius 3 is 2.38 bits per heavy atom. The lowest BCUT2D eigenvalue weighted by molar-refractivity contribution is -0.385. The van der Waals surface area contributed by atoms with Gasteiger partial charge < -0.3 is 5.32 Å². The Kier molecular flexibility index (Phi) is 3.98. The van der Waals surface area contributed by atoms with E-state index in [1.807, 2.05) is 0 Å². The van der Waals surface area contributed by atoms with E-state index in [9.17, 15) is 14.9 Å². The van der Waals surface area contributed by atoms with Crippen LogP contribution in [0.3, 0.4) is 0 Å². The molecule has 1 heterocycles. The number of nitrogens with one attached hydrogen (secondary N) is 1. The molecule has 4 aliphatic carbocycles. The zero-order valence-electron chi connectivity index (χ0n) is 13.4. The largest absolute Gasteiger partial charge is 0.350 e. The van der Waals surface area contributed by atoms with Gasteiger partial charge in [-0.15, -0.1) is 0 Å². The van der Waals surface area contributed by atoms with Crippen molar-refractivity contribution in [2.75, 3.05) is 5.75 Å². The number of aromatic nitrogens is 1. The molecule has 0 radical (unpaired) electrons. The second kappa shape index (κ2) is 6.02. The molecule has 1 N–H and O–H groups in total. The van der Waals surface area contributed by atoms with Crippen molar-refractivity contribution in [1.82, 2.24) is 10.3 Å². The Labute approximate surface area is 145 Å². The molecule has 0 spiro atoms. The zero-order valence-corrected chi connectivity index (χ0v) is 14.3. The van der Waals surface area contributed by atoms with Gasteiger partial charge in [-0.2, -0.15) is 0 Å². The van der Waals surface area contributed by atoms with E-state index in [1.165, 1.54) is 43.3 Å². The van der Waals surface area contributed by atoms with Crippen molar-refractivity contribution in [3.05, 3.63) is 28.4 Å². The number of nitro groups is 1. The molecule has 6 nitrogen and oxygen atoms in total. The average molecular weight is 347 g/mol. The van der Waals surface area contributed by atoms with Crippen LogP contribution in [0.5, 0.6) is 0 Å². The molecular weight excluding hydrogens is 326 g/mol. The highest BCUT2D eigenvalue weighted by molar-refractivity contribution is 7.99. The second-order valence-corrected chi connectivity index (χ2v) is 8.64. The van der Waals surface area contributed by atoms with E-state index in [0.717, 1.165) is 37.0 Å². The average Bonchev–Trinajstić information content (AvgIpc) is 2.51. The standard InChI is InChI=1S/C17H21N3O3S/c21-15(10-24-16-2-1-14(9-18-16)20(22)23)19-17-6-11-3-12(7-17)5-13(4-11)8-17/h1-2,9,11-13H,3-8,10H2,(H,19,21). The van der Waals surface area contributed by atoms with Gasteiger partial charge in [-0.25, -0.2) is 4.98 Å². The molecule has 0 saturated heterocycles. The molecule has 7 heteroatoms. The minimum absolute atomic E-state index is 0.0302. The van der Waals surface area contributed by atoms with E-state index in [0.29, 0.717) is 10.8 Å². The number of pyridine rings is 1. The van der Waals surface area contributed by atoms with E-state index in [4.69, 9.17) is 0 Å². The third-order valence-electron chi connectivity index (χ3n) is 5.73. The second-order valence-electron chi connectivity index (χ2n) is 7.65. The number of hydrogen-bond donors (Lipinski definition) is 1. The number of hydrogen-bond acceptors (Lipinski definition) is 5. The Balaban J connectivity index is 1.33. The van der Waals surface area contributed by atoms with Gasteiger partial charge in [0.25, 0.3) is 5.69 Å². The fourth-order valence-corrected chi connectivity index (χ4v) is 5.94. The highest BCUT2D eigenvalue weighted by Gasteiger charge is 2.51. The summed E-state index contributed by atoms with van der Waals surface area (Å²) >= 11 is 1.33. The monoisotopic (exact) mass is 347 g/mol. The first-order valence-corrected chi connectivity index (χ1v) is 9.54. The van der Waals surface area contributed by atoms with Gasteiger partial charge in [-0.3, -0.25) is 14.9 Å². The van der Waals surface area contributed by atoms with Crippen molar-refractivity contribution in [1.29, 1.82) is 0 Å². The summed E-state index contributed by atoms with van der Waals surface area (Å²) in [6.45, 7) is 0. The third kappa shape index (κ3) is 3.14. The first kappa shape index (κ1) is 15.9. The van der Waals surface area contributed by atoms with Crippen molar-refractivity contribution in [2.45, 2.75) is 49.1 Å². The van der Waals surface area contributed by atoms with Crippen molar-refractivity contribution in [2.24, 2.45) is 17.8 Å². The highest BCUT2D eigenvalue weighted by Crippen LogP contribution is 2.55. The van der Waals surface area contributed by atoms with E-state index in [-0.39, 0.29) is 17.1 Å². The lowest BCUT2D eigenvalue weighted by Gasteiger charge is -2.56. The number of thioether (sulfide) groups is 1. The first-order valence-electron chi connectivity index (χ1n) is 8.56. The van der Waals surface area contributed by atoms with Gasteiger partial charge in [0, 0.05) is 11.6 Å². The maximum Gasteiger partial charge on any atom is 0.287 e. The summed E-state index contributed by atoms with van der Waals surface area (Å²) < 4.78 is 0. The molecule has 0 aromatic carbocycles. The Hall–Kier alpha value is -1.63. The van der Waals surface area contributed by atoms with E-state index in [2.05, 4.69) is 10.3 Å². The van der Waals surface area contributed by atoms with Crippen LogP contribution in [0.15, 0.2) is 23.4 Å². The molecule has 4 bridgehead atoms. The first-order chi connectivity index (χ1) is 11.5. The lowest BCUT2D eigenvalue weighted by atomic mass is 9.53.